The summed E-state index contributed by atoms with van der Waals surface area (Å²) >= 11 is 0. The molecule has 1 aromatic carbocycles. The van der Waals surface area contributed by atoms with Crippen LogP contribution < -0.4 is 10.1 Å². The minimum Gasteiger partial charge on any atom is -0.494 e. The number of carbonyl (C=O) groups excluding carboxylic acids is 1. The molecule has 0 aliphatic carbocycles. The van der Waals surface area contributed by atoms with Gasteiger partial charge in [0.05, 0.1) is 19.3 Å². The maximum absolute atomic E-state index is 11.8. The van der Waals surface area contributed by atoms with Crippen LogP contribution in [0.2, 0.25) is 0 Å². The van der Waals surface area contributed by atoms with Crippen molar-refractivity contribution >= 4 is 11.6 Å². The lowest BCUT2D eigenvalue weighted by Gasteiger charge is -2.14. The van der Waals surface area contributed by atoms with Crippen LogP contribution >= 0.6 is 0 Å². The normalized spacial score (nSPS) is 19.4. The summed E-state index contributed by atoms with van der Waals surface area (Å²) in [5.41, 5.74) is 0.758. The summed E-state index contributed by atoms with van der Waals surface area (Å²) in [5, 5.41) is 12.2. The van der Waals surface area contributed by atoms with Gasteiger partial charge in [0.15, 0.2) is 0 Å². The third-order valence-electron chi connectivity index (χ3n) is 3.06. The fraction of sp³-hybridized carbons (Fsp3) is 0.500. The average Bonchev–Trinajstić information content (AvgIpc) is 2.77. The molecule has 0 bridgehead atoms. The van der Waals surface area contributed by atoms with Gasteiger partial charge in [0.2, 0.25) is 5.91 Å². The van der Waals surface area contributed by atoms with Gasteiger partial charge in [-0.1, -0.05) is 0 Å². The average molecular weight is 264 g/mol. The van der Waals surface area contributed by atoms with Crippen molar-refractivity contribution in [2.45, 2.75) is 19.4 Å². The first-order chi connectivity index (χ1) is 9.17. The molecular formula is C14H20N2O3. The van der Waals surface area contributed by atoms with Crippen LogP contribution in [0.3, 0.4) is 0 Å². The van der Waals surface area contributed by atoms with E-state index in [4.69, 9.17) is 4.74 Å². The number of nitrogens with one attached hydrogen (secondary N) is 1. The highest BCUT2D eigenvalue weighted by atomic mass is 16.5. The summed E-state index contributed by atoms with van der Waals surface area (Å²) in [7, 11) is 0. The van der Waals surface area contributed by atoms with Crippen LogP contribution in [0.4, 0.5) is 5.69 Å². The highest BCUT2D eigenvalue weighted by molar-refractivity contribution is 5.92. The summed E-state index contributed by atoms with van der Waals surface area (Å²) < 4.78 is 5.34. The molecule has 19 heavy (non-hydrogen) atoms. The van der Waals surface area contributed by atoms with E-state index in [9.17, 15) is 9.90 Å². The molecule has 0 aromatic heterocycles. The van der Waals surface area contributed by atoms with Crippen LogP contribution in [0.1, 0.15) is 13.3 Å². The van der Waals surface area contributed by atoms with Crippen molar-refractivity contribution in [1.82, 2.24) is 4.90 Å². The third-order valence-corrected chi connectivity index (χ3v) is 3.06. The molecule has 2 rings (SSSR count). The van der Waals surface area contributed by atoms with Crippen molar-refractivity contribution in [1.29, 1.82) is 0 Å². The first-order valence-electron chi connectivity index (χ1n) is 6.60. The van der Waals surface area contributed by atoms with Gasteiger partial charge >= 0.3 is 0 Å². The zero-order valence-corrected chi connectivity index (χ0v) is 11.1. The summed E-state index contributed by atoms with van der Waals surface area (Å²) in [6, 6.07) is 7.31. The number of aliphatic hydroxyl groups excluding tert-OH is 1. The standard InChI is InChI=1S/C14H20N2O3/c1-2-19-13-5-3-11(4-6-13)15-14(18)10-16-8-7-12(17)9-16/h3-6,12,17H,2,7-10H2,1H3,(H,15,18)/t12-/m1/s1. The van der Waals surface area contributed by atoms with Crippen LogP contribution in [0.5, 0.6) is 5.75 Å². The molecule has 2 N–H and O–H groups in total. The quantitative estimate of drug-likeness (QED) is 0.835. The maximum atomic E-state index is 11.8. The van der Waals surface area contributed by atoms with Crippen molar-refractivity contribution in [2.24, 2.45) is 0 Å². The number of aliphatic hydroxyl groups is 1. The number of ether oxygens (including phenoxy) is 1. The highest BCUT2D eigenvalue weighted by Gasteiger charge is 2.21. The summed E-state index contributed by atoms with van der Waals surface area (Å²) in [4.78, 5) is 13.8. The Hall–Kier alpha value is -1.59. The van der Waals surface area contributed by atoms with Crippen molar-refractivity contribution < 1.29 is 14.6 Å². The number of carbonyl (C=O) groups is 1. The van der Waals surface area contributed by atoms with Gasteiger partial charge in [-0.25, -0.2) is 0 Å². The zero-order chi connectivity index (χ0) is 13.7. The van der Waals surface area contributed by atoms with Gasteiger partial charge in [0, 0.05) is 18.8 Å². The molecule has 1 aliphatic rings. The Kier molecular flexibility index (Phi) is 4.76. The van der Waals surface area contributed by atoms with Gasteiger partial charge in [0.1, 0.15) is 5.75 Å². The first-order valence-corrected chi connectivity index (χ1v) is 6.60. The number of β-amino-alcohol motifs (C(OH)–C–C–N with tert-alkyl or cyclic N) is 1. The smallest absolute Gasteiger partial charge is 0.238 e. The first kappa shape index (κ1) is 13.8. The minimum atomic E-state index is -0.293. The SMILES string of the molecule is CCOc1ccc(NC(=O)CN2CC[C@@H](O)C2)cc1. The van der Waals surface area contributed by atoms with Gasteiger partial charge in [-0.15, -0.1) is 0 Å². The molecule has 0 saturated carbocycles. The maximum Gasteiger partial charge on any atom is 0.238 e. The van der Waals surface area contributed by atoms with E-state index in [-0.39, 0.29) is 12.0 Å². The van der Waals surface area contributed by atoms with Crippen LogP contribution in [0.15, 0.2) is 24.3 Å². The van der Waals surface area contributed by atoms with E-state index < -0.39 is 0 Å². The number of anilines is 1. The molecule has 1 aliphatic heterocycles. The predicted octanol–water partition coefficient (Wildman–Crippen LogP) is 1.09. The van der Waals surface area contributed by atoms with E-state index in [1.807, 2.05) is 36.1 Å². The number of hydrogen-bond acceptors (Lipinski definition) is 4. The van der Waals surface area contributed by atoms with E-state index in [0.717, 1.165) is 24.4 Å². The highest BCUT2D eigenvalue weighted by Crippen LogP contribution is 2.16. The van der Waals surface area contributed by atoms with E-state index >= 15 is 0 Å². The Labute approximate surface area is 113 Å². The molecular weight excluding hydrogens is 244 g/mol. The van der Waals surface area contributed by atoms with Crippen molar-refractivity contribution in [3.63, 3.8) is 0 Å². The molecule has 1 saturated heterocycles. The second kappa shape index (κ2) is 6.54. The third kappa shape index (κ3) is 4.22. The predicted molar refractivity (Wildman–Crippen MR) is 73.3 cm³/mol. The molecule has 1 amide bonds. The van der Waals surface area contributed by atoms with Crippen molar-refractivity contribution in [3.8, 4) is 5.75 Å². The topological polar surface area (TPSA) is 61.8 Å². The number of amides is 1. The minimum absolute atomic E-state index is 0.0572. The molecule has 1 aromatic rings. The molecule has 0 unspecified atom stereocenters. The number of rotatable bonds is 5. The fourth-order valence-electron chi connectivity index (χ4n) is 2.16. The van der Waals surface area contributed by atoms with Gasteiger partial charge in [-0.05, 0) is 37.6 Å². The Morgan fingerprint density at radius 3 is 2.79 bits per heavy atom. The summed E-state index contributed by atoms with van der Waals surface area (Å²) in [6.07, 6.45) is 0.453. The van der Waals surface area contributed by atoms with Gasteiger partial charge < -0.3 is 15.2 Å². The molecule has 5 heteroatoms. The largest absolute Gasteiger partial charge is 0.494 e. The molecule has 1 fully saturated rings. The molecule has 1 heterocycles. The number of hydrogen-bond donors (Lipinski definition) is 2. The number of likely N-dealkylation sites (tertiary alicyclic amines) is 1. The lowest BCUT2D eigenvalue weighted by molar-refractivity contribution is -0.117. The van der Waals surface area contributed by atoms with E-state index in [0.29, 0.717) is 19.7 Å². The van der Waals surface area contributed by atoms with Gasteiger partial charge in [-0.2, -0.15) is 0 Å². The Bertz CT molecular complexity index is 419. The van der Waals surface area contributed by atoms with Gasteiger partial charge in [0.25, 0.3) is 0 Å². The number of benzene rings is 1. The van der Waals surface area contributed by atoms with E-state index in [1.54, 1.807) is 0 Å². The Morgan fingerprint density at radius 2 is 2.21 bits per heavy atom. The molecule has 0 radical (unpaired) electrons. The summed E-state index contributed by atoms with van der Waals surface area (Å²) in [5.74, 6) is 0.737. The Balaban J connectivity index is 1.81. The molecule has 5 nitrogen and oxygen atoms in total. The lowest BCUT2D eigenvalue weighted by atomic mass is 10.3. The van der Waals surface area contributed by atoms with E-state index in [2.05, 4.69) is 5.32 Å². The van der Waals surface area contributed by atoms with E-state index in [1.165, 1.54) is 0 Å². The zero-order valence-electron chi connectivity index (χ0n) is 11.1. The molecule has 0 spiro atoms. The van der Waals surface area contributed by atoms with Crippen LogP contribution in [-0.2, 0) is 4.79 Å². The lowest BCUT2D eigenvalue weighted by Crippen LogP contribution is -2.32. The van der Waals surface area contributed by atoms with Crippen molar-refractivity contribution in [2.75, 3.05) is 31.6 Å². The monoisotopic (exact) mass is 264 g/mol. The van der Waals surface area contributed by atoms with Crippen LogP contribution in [0, 0.1) is 0 Å². The Morgan fingerprint density at radius 1 is 1.47 bits per heavy atom. The van der Waals surface area contributed by atoms with Crippen molar-refractivity contribution in [3.05, 3.63) is 24.3 Å². The van der Waals surface area contributed by atoms with Gasteiger partial charge in [-0.3, -0.25) is 9.69 Å². The second-order valence-corrected chi connectivity index (χ2v) is 4.68. The number of nitrogens with zero attached hydrogens (tertiary/aromatic N) is 1. The fourth-order valence-corrected chi connectivity index (χ4v) is 2.16. The van der Waals surface area contributed by atoms with Crippen LogP contribution in [0.25, 0.3) is 0 Å². The molecule has 1 atom stereocenters. The van der Waals surface area contributed by atoms with Crippen LogP contribution in [-0.4, -0.2) is 48.3 Å². The summed E-state index contributed by atoms with van der Waals surface area (Å²) in [6.45, 7) is 4.24. The second-order valence-electron chi connectivity index (χ2n) is 4.68. The molecule has 104 valence electrons.